The number of hydrogen-bond acceptors (Lipinski definition) is 3. The number of sulfonamides is 1. The van der Waals surface area contributed by atoms with Gasteiger partial charge in [0, 0.05) is 12.6 Å². The first-order valence-electron chi connectivity index (χ1n) is 4.78. The van der Waals surface area contributed by atoms with Crippen molar-refractivity contribution in [1.29, 1.82) is 0 Å². The summed E-state index contributed by atoms with van der Waals surface area (Å²) in [7, 11) is -3.15. The Morgan fingerprint density at radius 2 is 1.93 bits per heavy atom. The Bertz CT molecular complexity index is 259. The highest BCUT2D eigenvalue weighted by Gasteiger charge is 2.23. The van der Waals surface area contributed by atoms with Crippen molar-refractivity contribution in [3.8, 4) is 0 Å². The van der Waals surface area contributed by atoms with E-state index in [4.69, 9.17) is 5.11 Å². The van der Waals surface area contributed by atoms with Gasteiger partial charge in [0.2, 0.25) is 10.0 Å². The van der Waals surface area contributed by atoms with Gasteiger partial charge in [-0.25, -0.2) is 13.1 Å². The lowest BCUT2D eigenvalue weighted by Crippen LogP contribution is -2.37. The van der Waals surface area contributed by atoms with E-state index in [0.29, 0.717) is 6.42 Å². The monoisotopic (exact) mass is 223 g/mol. The molecule has 0 bridgehead atoms. The zero-order valence-corrected chi connectivity index (χ0v) is 10.2. The van der Waals surface area contributed by atoms with Crippen LogP contribution in [0.25, 0.3) is 0 Å². The van der Waals surface area contributed by atoms with Crippen LogP contribution >= 0.6 is 0 Å². The minimum absolute atomic E-state index is 0.0644. The highest BCUT2D eigenvalue weighted by molar-refractivity contribution is 7.88. The number of aliphatic hydroxyl groups excluding tert-OH is 1. The number of nitrogens with one attached hydrogen (secondary N) is 1. The molecule has 0 saturated heterocycles. The highest BCUT2D eigenvalue weighted by Crippen LogP contribution is 2.22. The van der Waals surface area contributed by atoms with Gasteiger partial charge in [-0.2, -0.15) is 0 Å². The summed E-state index contributed by atoms with van der Waals surface area (Å²) in [6.45, 7) is 5.82. The van der Waals surface area contributed by atoms with E-state index in [-0.39, 0.29) is 18.1 Å². The molecule has 0 aliphatic carbocycles. The van der Waals surface area contributed by atoms with Gasteiger partial charge in [0.1, 0.15) is 0 Å². The molecule has 1 atom stereocenters. The molecule has 0 radical (unpaired) electrons. The maximum absolute atomic E-state index is 11.0. The molecule has 0 aromatic heterocycles. The van der Waals surface area contributed by atoms with Crippen molar-refractivity contribution in [2.75, 3.05) is 12.9 Å². The van der Waals surface area contributed by atoms with Gasteiger partial charge < -0.3 is 5.11 Å². The van der Waals surface area contributed by atoms with Crippen molar-refractivity contribution in [3.63, 3.8) is 0 Å². The Hall–Kier alpha value is -0.130. The molecule has 0 heterocycles. The minimum atomic E-state index is -3.15. The van der Waals surface area contributed by atoms with E-state index in [9.17, 15) is 8.42 Å². The van der Waals surface area contributed by atoms with E-state index in [0.717, 1.165) is 12.7 Å². The molecule has 1 unspecified atom stereocenters. The van der Waals surface area contributed by atoms with Crippen molar-refractivity contribution < 1.29 is 13.5 Å². The van der Waals surface area contributed by atoms with E-state index in [1.54, 1.807) is 0 Å². The van der Waals surface area contributed by atoms with Gasteiger partial charge >= 0.3 is 0 Å². The first-order chi connectivity index (χ1) is 6.20. The minimum Gasteiger partial charge on any atom is -0.396 e. The predicted octanol–water partition coefficient (Wildman–Crippen LogP) is 0.723. The van der Waals surface area contributed by atoms with Crippen molar-refractivity contribution in [1.82, 2.24) is 4.72 Å². The fourth-order valence-corrected chi connectivity index (χ4v) is 2.16. The van der Waals surface area contributed by atoms with E-state index in [1.165, 1.54) is 0 Å². The lowest BCUT2D eigenvalue weighted by Gasteiger charge is -2.27. The van der Waals surface area contributed by atoms with Gasteiger partial charge in [0.15, 0.2) is 0 Å². The van der Waals surface area contributed by atoms with E-state index in [1.807, 2.05) is 20.8 Å². The molecule has 5 heteroatoms. The summed E-state index contributed by atoms with van der Waals surface area (Å²) in [5, 5.41) is 9.06. The predicted molar refractivity (Wildman–Crippen MR) is 57.5 cm³/mol. The second kappa shape index (κ2) is 5.09. The van der Waals surface area contributed by atoms with E-state index >= 15 is 0 Å². The summed E-state index contributed by atoms with van der Waals surface area (Å²) in [4.78, 5) is 0. The van der Waals surface area contributed by atoms with Crippen molar-refractivity contribution in [2.45, 2.75) is 39.7 Å². The Morgan fingerprint density at radius 1 is 1.43 bits per heavy atom. The topological polar surface area (TPSA) is 66.4 Å². The van der Waals surface area contributed by atoms with Crippen LogP contribution in [0.5, 0.6) is 0 Å². The molecule has 0 amide bonds. The molecule has 0 aliphatic rings. The SMILES string of the molecule is CCC(CC(C)(C)CO)NS(C)(=O)=O. The van der Waals surface area contributed by atoms with Crippen LogP contribution in [0, 0.1) is 5.41 Å². The number of aliphatic hydroxyl groups is 1. The molecule has 0 fully saturated rings. The summed E-state index contributed by atoms with van der Waals surface area (Å²) < 4.78 is 24.6. The third-order valence-corrected chi connectivity index (χ3v) is 2.86. The molecule has 0 aliphatic heterocycles. The third kappa shape index (κ3) is 6.34. The smallest absolute Gasteiger partial charge is 0.208 e. The van der Waals surface area contributed by atoms with Gasteiger partial charge in [-0.3, -0.25) is 0 Å². The summed E-state index contributed by atoms with van der Waals surface area (Å²) in [5.74, 6) is 0. The average Bonchev–Trinajstić information content (AvgIpc) is 2.00. The van der Waals surface area contributed by atoms with Gasteiger partial charge in [0.05, 0.1) is 6.26 Å². The van der Waals surface area contributed by atoms with Crippen LogP contribution in [-0.2, 0) is 10.0 Å². The molecule has 0 aromatic rings. The normalized spacial score (nSPS) is 15.5. The Kier molecular flexibility index (Phi) is 5.05. The molecule has 86 valence electrons. The summed E-state index contributed by atoms with van der Waals surface area (Å²) in [5.41, 5.74) is -0.238. The second-order valence-corrected chi connectivity index (χ2v) is 6.30. The molecule has 4 nitrogen and oxygen atoms in total. The number of hydrogen-bond donors (Lipinski definition) is 2. The first-order valence-corrected chi connectivity index (χ1v) is 6.67. The van der Waals surface area contributed by atoms with Crippen molar-refractivity contribution >= 4 is 10.0 Å². The average molecular weight is 223 g/mol. The van der Waals surface area contributed by atoms with Gasteiger partial charge in [-0.1, -0.05) is 20.8 Å². The lowest BCUT2D eigenvalue weighted by molar-refractivity contribution is 0.139. The fraction of sp³-hybridized carbons (Fsp3) is 1.00. The zero-order chi connectivity index (χ0) is 11.4. The Labute approximate surface area is 86.8 Å². The van der Waals surface area contributed by atoms with Crippen LogP contribution in [0.1, 0.15) is 33.6 Å². The second-order valence-electron chi connectivity index (χ2n) is 4.52. The molecule has 14 heavy (non-hydrogen) atoms. The Balaban J connectivity index is 4.31. The van der Waals surface area contributed by atoms with Crippen LogP contribution in [-0.4, -0.2) is 32.4 Å². The molecule has 0 aromatic carbocycles. The van der Waals surface area contributed by atoms with Crippen molar-refractivity contribution in [3.05, 3.63) is 0 Å². The van der Waals surface area contributed by atoms with Crippen LogP contribution in [0.15, 0.2) is 0 Å². The number of rotatable bonds is 6. The van der Waals surface area contributed by atoms with Crippen LogP contribution in [0.4, 0.5) is 0 Å². The first kappa shape index (κ1) is 13.9. The highest BCUT2D eigenvalue weighted by atomic mass is 32.2. The maximum atomic E-state index is 11.0. The zero-order valence-electron chi connectivity index (χ0n) is 9.37. The lowest BCUT2D eigenvalue weighted by atomic mass is 9.86. The maximum Gasteiger partial charge on any atom is 0.208 e. The van der Waals surface area contributed by atoms with E-state index < -0.39 is 10.0 Å². The van der Waals surface area contributed by atoms with Crippen LogP contribution in [0.3, 0.4) is 0 Å². The molecule has 0 rings (SSSR count). The largest absolute Gasteiger partial charge is 0.396 e. The van der Waals surface area contributed by atoms with Crippen LogP contribution < -0.4 is 4.72 Å². The standard InChI is InChI=1S/C9H21NO3S/c1-5-8(10-14(4,12)13)6-9(2,3)7-11/h8,10-11H,5-7H2,1-4H3. The Morgan fingerprint density at radius 3 is 2.21 bits per heavy atom. The quantitative estimate of drug-likeness (QED) is 0.697. The molecule has 2 N–H and O–H groups in total. The summed E-state index contributed by atoms with van der Waals surface area (Å²) in [6.07, 6.45) is 2.53. The van der Waals surface area contributed by atoms with E-state index in [2.05, 4.69) is 4.72 Å². The summed E-state index contributed by atoms with van der Waals surface area (Å²) in [6, 6.07) is -0.0906. The third-order valence-electron chi connectivity index (χ3n) is 2.10. The molecule has 0 spiro atoms. The molecular formula is C9H21NO3S. The van der Waals surface area contributed by atoms with Gasteiger partial charge in [-0.15, -0.1) is 0 Å². The fourth-order valence-electron chi connectivity index (χ4n) is 1.30. The molecule has 0 saturated carbocycles. The van der Waals surface area contributed by atoms with Gasteiger partial charge in [0.25, 0.3) is 0 Å². The summed E-state index contributed by atoms with van der Waals surface area (Å²) >= 11 is 0. The van der Waals surface area contributed by atoms with Crippen molar-refractivity contribution in [2.24, 2.45) is 5.41 Å². The molecular weight excluding hydrogens is 202 g/mol. The van der Waals surface area contributed by atoms with Gasteiger partial charge in [-0.05, 0) is 18.3 Å². The van der Waals surface area contributed by atoms with Crippen LogP contribution in [0.2, 0.25) is 0 Å².